The van der Waals surface area contributed by atoms with Gasteiger partial charge in [0.1, 0.15) is 0 Å². The van der Waals surface area contributed by atoms with Crippen LogP contribution in [0.3, 0.4) is 0 Å². The first-order chi connectivity index (χ1) is 8.75. The molecule has 2 rings (SSSR count). The Kier molecular flexibility index (Phi) is 8.48. The zero-order valence-corrected chi connectivity index (χ0v) is 15.0. The van der Waals surface area contributed by atoms with Crippen LogP contribution in [0.5, 0.6) is 0 Å². The second-order valence-corrected chi connectivity index (χ2v) is 6.64. The zero-order valence-electron chi connectivity index (χ0n) is 11.9. The number of nitrogens with zero attached hydrogens (tertiary/aromatic N) is 3. The molecule has 0 bridgehead atoms. The summed E-state index contributed by atoms with van der Waals surface area (Å²) in [7, 11) is 0. The fourth-order valence-corrected chi connectivity index (χ4v) is 3.51. The lowest BCUT2D eigenvalue weighted by atomic mass is 10.2. The van der Waals surface area contributed by atoms with Crippen molar-refractivity contribution < 1.29 is 0 Å². The van der Waals surface area contributed by atoms with E-state index >= 15 is 0 Å². The minimum Gasteiger partial charge on any atom is -0.370 e. The topological polar surface area (TPSA) is 44.9 Å². The summed E-state index contributed by atoms with van der Waals surface area (Å²) in [6.45, 7) is 8.97. The van der Waals surface area contributed by atoms with Crippen LogP contribution >= 0.6 is 35.7 Å². The minimum absolute atomic E-state index is 0. The van der Waals surface area contributed by atoms with Crippen molar-refractivity contribution in [2.75, 3.05) is 50.8 Å². The molecule has 2 aliphatic rings. The van der Waals surface area contributed by atoms with Gasteiger partial charge in [-0.3, -0.25) is 4.99 Å². The Labute approximate surface area is 138 Å². The smallest absolute Gasteiger partial charge is 0.191 e. The predicted molar refractivity (Wildman–Crippen MR) is 95.6 cm³/mol. The summed E-state index contributed by atoms with van der Waals surface area (Å²) in [5.41, 5.74) is 6.06. The number of likely N-dealkylation sites (tertiary alicyclic amines) is 1. The van der Waals surface area contributed by atoms with E-state index in [2.05, 4.69) is 21.7 Å². The molecule has 0 aromatic carbocycles. The van der Waals surface area contributed by atoms with Gasteiger partial charge in [0.05, 0.1) is 0 Å². The van der Waals surface area contributed by atoms with Gasteiger partial charge in [-0.15, -0.1) is 24.0 Å². The lowest BCUT2D eigenvalue weighted by Crippen LogP contribution is -2.43. The summed E-state index contributed by atoms with van der Waals surface area (Å²) in [6.07, 6.45) is 2.73. The fraction of sp³-hybridized carbons (Fsp3) is 0.923. The number of hydrogen-bond donors (Lipinski definition) is 1. The Hall–Kier alpha value is 0.310. The second kappa shape index (κ2) is 9.28. The average Bonchev–Trinajstić information content (AvgIpc) is 2.90. The lowest BCUT2D eigenvalue weighted by molar-refractivity contribution is 0.291. The van der Waals surface area contributed by atoms with Crippen molar-refractivity contribution in [1.29, 1.82) is 0 Å². The number of thioether (sulfide) groups is 1. The van der Waals surface area contributed by atoms with Gasteiger partial charge in [0.25, 0.3) is 0 Å². The van der Waals surface area contributed by atoms with E-state index in [4.69, 9.17) is 5.73 Å². The van der Waals surface area contributed by atoms with Crippen molar-refractivity contribution in [3.8, 4) is 0 Å². The summed E-state index contributed by atoms with van der Waals surface area (Å²) in [6, 6.07) is 0. The maximum atomic E-state index is 6.06. The molecule has 4 nitrogen and oxygen atoms in total. The van der Waals surface area contributed by atoms with Gasteiger partial charge in [-0.1, -0.05) is 6.92 Å². The molecule has 19 heavy (non-hydrogen) atoms. The number of hydrogen-bond acceptors (Lipinski definition) is 3. The van der Waals surface area contributed by atoms with Crippen molar-refractivity contribution in [3.05, 3.63) is 0 Å². The molecule has 2 aliphatic heterocycles. The Morgan fingerprint density at radius 3 is 2.47 bits per heavy atom. The van der Waals surface area contributed by atoms with Gasteiger partial charge in [0, 0.05) is 37.7 Å². The summed E-state index contributed by atoms with van der Waals surface area (Å²) in [4.78, 5) is 9.35. The first-order valence-corrected chi connectivity index (χ1v) is 8.26. The molecule has 2 saturated heterocycles. The van der Waals surface area contributed by atoms with Crippen LogP contribution in [0.1, 0.15) is 19.8 Å². The van der Waals surface area contributed by atoms with E-state index in [0.29, 0.717) is 5.92 Å². The van der Waals surface area contributed by atoms with Crippen molar-refractivity contribution >= 4 is 41.7 Å². The highest BCUT2D eigenvalue weighted by molar-refractivity contribution is 14.0. The van der Waals surface area contributed by atoms with Crippen LogP contribution in [0, 0.1) is 5.92 Å². The number of guanidine groups is 1. The third kappa shape index (κ3) is 6.08. The molecule has 1 unspecified atom stereocenters. The van der Waals surface area contributed by atoms with Crippen molar-refractivity contribution in [2.24, 2.45) is 16.6 Å². The van der Waals surface area contributed by atoms with E-state index in [0.717, 1.165) is 25.6 Å². The molecule has 2 N–H and O–H groups in total. The first kappa shape index (κ1) is 17.4. The van der Waals surface area contributed by atoms with Crippen LogP contribution in [-0.2, 0) is 0 Å². The molecule has 2 heterocycles. The molecular formula is C13H27IN4S. The molecule has 0 radical (unpaired) electrons. The van der Waals surface area contributed by atoms with Gasteiger partial charge >= 0.3 is 0 Å². The SMILES string of the molecule is CC(CN=C(N)N1CCSCC1)CN1CCCC1.I. The predicted octanol–water partition coefficient (Wildman–Crippen LogP) is 1.70. The van der Waals surface area contributed by atoms with E-state index in [-0.39, 0.29) is 24.0 Å². The van der Waals surface area contributed by atoms with Crippen LogP contribution in [-0.4, -0.2) is 66.5 Å². The molecule has 0 aliphatic carbocycles. The summed E-state index contributed by atoms with van der Waals surface area (Å²) in [5, 5.41) is 0. The van der Waals surface area contributed by atoms with E-state index in [1.807, 2.05) is 11.8 Å². The zero-order chi connectivity index (χ0) is 12.8. The first-order valence-electron chi connectivity index (χ1n) is 7.10. The third-order valence-corrected chi connectivity index (χ3v) is 4.61. The van der Waals surface area contributed by atoms with Crippen LogP contribution in [0.25, 0.3) is 0 Å². The Morgan fingerprint density at radius 1 is 1.21 bits per heavy atom. The van der Waals surface area contributed by atoms with E-state index in [1.54, 1.807) is 0 Å². The number of halogens is 1. The maximum Gasteiger partial charge on any atom is 0.191 e. The van der Waals surface area contributed by atoms with E-state index < -0.39 is 0 Å². The van der Waals surface area contributed by atoms with Crippen molar-refractivity contribution in [2.45, 2.75) is 19.8 Å². The highest BCUT2D eigenvalue weighted by atomic mass is 127. The van der Waals surface area contributed by atoms with Gasteiger partial charge in [-0.05, 0) is 31.8 Å². The standard InChI is InChI=1S/C13H26N4S.HI/c1-12(11-16-4-2-3-5-16)10-15-13(14)17-6-8-18-9-7-17;/h12H,2-11H2,1H3,(H2,14,15);1H. The van der Waals surface area contributed by atoms with E-state index in [9.17, 15) is 0 Å². The normalized spacial score (nSPS) is 23.2. The molecule has 6 heteroatoms. The van der Waals surface area contributed by atoms with Crippen LogP contribution in [0.4, 0.5) is 0 Å². The minimum atomic E-state index is 0. The molecule has 1 atom stereocenters. The Bertz CT molecular complexity index is 276. The van der Waals surface area contributed by atoms with Gasteiger partial charge in [0.15, 0.2) is 5.96 Å². The number of nitrogens with two attached hydrogens (primary N) is 1. The monoisotopic (exact) mass is 398 g/mol. The second-order valence-electron chi connectivity index (χ2n) is 5.41. The summed E-state index contributed by atoms with van der Waals surface area (Å²) >= 11 is 2.00. The molecule has 0 amide bonds. The van der Waals surface area contributed by atoms with E-state index in [1.165, 1.54) is 44.0 Å². The largest absolute Gasteiger partial charge is 0.370 e. The summed E-state index contributed by atoms with van der Waals surface area (Å²) in [5.74, 6) is 3.73. The quantitative estimate of drug-likeness (QED) is 0.445. The van der Waals surface area contributed by atoms with Gasteiger partial charge in [-0.25, -0.2) is 0 Å². The van der Waals surface area contributed by atoms with Crippen molar-refractivity contribution in [1.82, 2.24) is 9.80 Å². The number of aliphatic imine (C=N–C) groups is 1. The lowest BCUT2D eigenvalue weighted by Gasteiger charge is -2.27. The van der Waals surface area contributed by atoms with Crippen LogP contribution in [0.2, 0.25) is 0 Å². The van der Waals surface area contributed by atoms with Gasteiger partial charge in [0.2, 0.25) is 0 Å². The Balaban J connectivity index is 0.00000180. The highest BCUT2D eigenvalue weighted by Gasteiger charge is 2.15. The molecule has 0 saturated carbocycles. The van der Waals surface area contributed by atoms with Gasteiger partial charge in [-0.2, -0.15) is 11.8 Å². The molecular weight excluding hydrogens is 371 g/mol. The number of rotatable bonds is 4. The third-order valence-electron chi connectivity index (χ3n) is 3.67. The fourth-order valence-electron chi connectivity index (χ4n) is 2.61. The van der Waals surface area contributed by atoms with Crippen LogP contribution < -0.4 is 5.73 Å². The maximum absolute atomic E-state index is 6.06. The molecule has 0 spiro atoms. The van der Waals surface area contributed by atoms with Gasteiger partial charge < -0.3 is 15.5 Å². The average molecular weight is 398 g/mol. The highest BCUT2D eigenvalue weighted by Crippen LogP contribution is 2.11. The Morgan fingerprint density at radius 2 is 1.84 bits per heavy atom. The molecule has 0 aromatic heterocycles. The molecule has 2 fully saturated rings. The molecule has 112 valence electrons. The molecule has 0 aromatic rings. The van der Waals surface area contributed by atoms with Crippen molar-refractivity contribution in [3.63, 3.8) is 0 Å². The summed E-state index contributed by atoms with van der Waals surface area (Å²) < 4.78 is 0. The van der Waals surface area contributed by atoms with Crippen LogP contribution in [0.15, 0.2) is 4.99 Å².